The number of fused-ring (bicyclic) bond motifs is 1. The van der Waals surface area contributed by atoms with Crippen molar-refractivity contribution in [2.24, 2.45) is 5.41 Å². The Morgan fingerprint density at radius 1 is 0.822 bits per heavy atom. The number of hydrogen-bond acceptors (Lipinski definition) is 7. The summed E-state index contributed by atoms with van der Waals surface area (Å²) in [6, 6.07) is 23.2. The Bertz CT molecular complexity index is 1590. The quantitative estimate of drug-likeness (QED) is 0.307. The van der Waals surface area contributed by atoms with Gasteiger partial charge in [0.25, 0.3) is 11.8 Å². The molecule has 2 amide bonds. The van der Waals surface area contributed by atoms with Gasteiger partial charge >= 0.3 is 0 Å². The number of carbonyl (C=O) groups excluding carboxylic acids is 2. The molecule has 0 unspecified atom stereocenters. The molecular weight excluding hydrogens is 564 g/mol. The first kappa shape index (κ1) is 30.2. The Hall–Kier alpha value is -4.79. The second-order valence-electron chi connectivity index (χ2n) is 12.1. The lowest BCUT2D eigenvalue weighted by molar-refractivity contribution is 0.0360. The lowest BCUT2D eigenvalue weighted by atomic mass is 9.75. The predicted molar refractivity (Wildman–Crippen MR) is 173 cm³/mol. The SMILES string of the molecule is Cc1ccnc(C(=O)N2CCC3(CCCN(c4ncccn4)CCN(Cc4ccccc4)C(=O)c4ccccc4OC3)CC2)c1. The van der Waals surface area contributed by atoms with Crippen molar-refractivity contribution >= 4 is 17.8 Å². The Labute approximate surface area is 264 Å². The van der Waals surface area contributed by atoms with Crippen molar-refractivity contribution in [2.45, 2.75) is 39.2 Å². The number of aryl methyl sites for hydroxylation is 1. The zero-order valence-corrected chi connectivity index (χ0v) is 25.8. The van der Waals surface area contributed by atoms with Crippen LogP contribution in [0.25, 0.3) is 0 Å². The summed E-state index contributed by atoms with van der Waals surface area (Å²) < 4.78 is 6.57. The van der Waals surface area contributed by atoms with Crippen LogP contribution in [0.5, 0.6) is 5.75 Å². The molecular formula is C36H40N6O3. The van der Waals surface area contributed by atoms with Crippen molar-refractivity contribution < 1.29 is 14.3 Å². The van der Waals surface area contributed by atoms with Crippen molar-refractivity contribution in [2.75, 3.05) is 44.2 Å². The average molecular weight is 605 g/mol. The van der Waals surface area contributed by atoms with Crippen LogP contribution in [0.3, 0.4) is 0 Å². The van der Waals surface area contributed by atoms with Gasteiger partial charge < -0.3 is 19.4 Å². The number of carbonyl (C=O) groups is 2. The Kier molecular flexibility index (Phi) is 9.33. The molecule has 2 aliphatic heterocycles. The molecule has 6 rings (SSSR count). The number of aromatic nitrogens is 3. The van der Waals surface area contributed by atoms with E-state index < -0.39 is 0 Å². The molecule has 0 radical (unpaired) electrons. The van der Waals surface area contributed by atoms with Crippen LogP contribution in [0.2, 0.25) is 0 Å². The number of benzene rings is 2. The van der Waals surface area contributed by atoms with E-state index in [-0.39, 0.29) is 17.2 Å². The van der Waals surface area contributed by atoms with Crippen molar-refractivity contribution in [3.05, 3.63) is 114 Å². The number of ether oxygens (including phenoxy) is 1. The molecule has 45 heavy (non-hydrogen) atoms. The Balaban J connectivity index is 1.27. The molecule has 0 aliphatic carbocycles. The maximum atomic E-state index is 14.2. The lowest BCUT2D eigenvalue weighted by Crippen LogP contribution is -2.46. The van der Waals surface area contributed by atoms with Gasteiger partial charge in [-0.2, -0.15) is 0 Å². The Morgan fingerprint density at radius 3 is 2.36 bits per heavy atom. The fourth-order valence-corrected chi connectivity index (χ4v) is 6.35. The van der Waals surface area contributed by atoms with Gasteiger partial charge in [-0.05, 0) is 74.1 Å². The third-order valence-corrected chi connectivity index (χ3v) is 9.01. The summed E-state index contributed by atoms with van der Waals surface area (Å²) in [7, 11) is 0. The number of hydrogen-bond donors (Lipinski definition) is 0. The van der Waals surface area contributed by atoms with Crippen LogP contribution in [-0.2, 0) is 6.54 Å². The third kappa shape index (κ3) is 7.30. The van der Waals surface area contributed by atoms with Gasteiger partial charge in [-0.3, -0.25) is 14.6 Å². The fraction of sp³-hybridized carbons (Fsp3) is 0.361. The van der Waals surface area contributed by atoms with Crippen LogP contribution in [0.4, 0.5) is 5.95 Å². The number of amides is 2. The molecule has 2 aromatic heterocycles. The summed E-state index contributed by atoms with van der Waals surface area (Å²) >= 11 is 0. The molecule has 1 spiro atoms. The highest BCUT2D eigenvalue weighted by atomic mass is 16.5. The summed E-state index contributed by atoms with van der Waals surface area (Å²) in [5.41, 5.74) is 2.99. The summed E-state index contributed by atoms with van der Waals surface area (Å²) in [6.45, 7) is 6.07. The van der Waals surface area contributed by atoms with E-state index in [0.29, 0.717) is 62.3 Å². The molecule has 9 heteroatoms. The van der Waals surface area contributed by atoms with Crippen molar-refractivity contribution in [3.8, 4) is 5.75 Å². The first-order valence-electron chi connectivity index (χ1n) is 15.8. The van der Waals surface area contributed by atoms with Gasteiger partial charge in [-0.15, -0.1) is 0 Å². The van der Waals surface area contributed by atoms with Gasteiger partial charge in [0.1, 0.15) is 11.4 Å². The molecule has 1 saturated heterocycles. The van der Waals surface area contributed by atoms with Crippen molar-refractivity contribution in [3.63, 3.8) is 0 Å². The molecule has 1 fully saturated rings. The van der Waals surface area contributed by atoms with E-state index >= 15 is 0 Å². The standard InChI is InChI=1S/C36H40N6O3/c1-28-13-19-37-31(25-28)34(44)40-21-15-36(16-22-40)14-7-20-41(35-38-17-8-18-39-35)23-24-42(26-29-9-3-2-4-10-29)33(43)30-11-5-6-12-32(30)45-27-36/h2-6,8-13,17-19,25H,7,14-16,20-24,26-27H2,1H3. The van der Waals surface area contributed by atoms with E-state index in [1.807, 2.05) is 89.5 Å². The maximum absolute atomic E-state index is 14.2. The highest BCUT2D eigenvalue weighted by Crippen LogP contribution is 2.38. The molecule has 0 N–H and O–H groups in total. The molecule has 9 nitrogen and oxygen atoms in total. The van der Waals surface area contributed by atoms with E-state index in [1.54, 1.807) is 18.6 Å². The largest absolute Gasteiger partial charge is 0.492 e. The number of para-hydroxylation sites is 1. The summed E-state index contributed by atoms with van der Waals surface area (Å²) in [4.78, 5) is 46.9. The minimum Gasteiger partial charge on any atom is -0.492 e. The lowest BCUT2D eigenvalue weighted by Gasteiger charge is -2.42. The third-order valence-electron chi connectivity index (χ3n) is 9.01. The van der Waals surface area contributed by atoms with Crippen LogP contribution >= 0.6 is 0 Å². The molecule has 0 saturated carbocycles. The van der Waals surface area contributed by atoms with Crippen LogP contribution < -0.4 is 9.64 Å². The molecule has 4 heterocycles. The minimum absolute atomic E-state index is 0.0269. The average Bonchev–Trinajstić information content (AvgIpc) is 3.09. The maximum Gasteiger partial charge on any atom is 0.272 e. The minimum atomic E-state index is -0.145. The molecule has 2 aromatic carbocycles. The second kappa shape index (κ2) is 13.9. The van der Waals surface area contributed by atoms with Gasteiger partial charge in [-0.25, -0.2) is 9.97 Å². The Morgan fingerprint density at radius 2 is 1.58 bits per heavy atom. The van der Waals surface area contributed by atoms with Gasteiger partial charge in [0.05, 0.1) is 12.2 Å². The molecule has 0 bridgehead atoms. The zero-order valence-electron chi connectivity index (χ0n) is 25.8. The fourth-order valence-electron chi connectivity index (χ4n) is 6.35. The zero-order chi connectivity index (χ0) is 31.1. The van der Waals surface area contributed by atoms with E-state index in [0.717, 1.165) is 43.4 Å². The van der Waals surface area contributed by atoms with Gasteiger partial charge in [0.15, 0.2) is 0 Å². The normalized spacial score (nSPS) is 17.4. The van der Waals surface area contributed by atoms with Gasteiger partial charge in [0.2, 0.25) is 5.95 Å². The van der Waals surface area contributed by atoms with Crippen LogP contribution in [0.15, 0.2) is 91.4 Å². The van der Waals surface area contributed by atoms with Crippen LogP contribution in [0, 0.1) is 12.3 Å². The van der Waals surface area contributed by atoms with E-state index in [4.69, 9.17) is 4.74 Å². The van der Waals surface area contributed by atoms with Crippen molar-refractivity contribution in [1.29, 1.82) is 0 Å². The number of pyridine rings is 1. The van der Waals surface area contributed by atoms with Crippen molar-refractivity contribution in [1.82, 2.24) is 24.8 Å². The molecule has 2 aliphatic rings. The van der Waals surface area contributed by atoms with Crippen LogP contribution in [0.1, 0.15) is 57.7 Å². The highest BCUT2D eigenvalue weighted by Gasteiger charge is 2.38. The number of anilines is 1. The van der Waals surface area contributed by atoms with Gasteiger partial charge in [-0.1, -0.05) is 42.5 Å². The van der Waals surface area contributed by atoms with E-state index in [9.17, 15) is 9.59 Å². The second-order valence-corrected chi connectivity index (χ2v) is 12.1. The first-order valence-corrected chi connectivity index (χ1v) is 15.8. The predicted octanol–water partition coefficient (Wildman–Crippen LogP) is 5.42. The summed E-state index contributed by atoms with van der Waals surface area (Å²) in [5, 5.41) is 0. The number of nitrogens with zero attached hydrogens (tertiary/aromatic N) is 6. The monoisotopic (exact) mass is 604 g/mol. The number of piperidine rings is 1. The summed E-state index contributed by atoms with van der Waals surface area (Å²) in [5.74, 6) is 1.17. The topological polar surface area (TPSA) is 91.8 Å². The molecule has 4 aromatic rings. The number of likely N-dealkylation sites (tertiary alicyclic amines) is 1. The van der Waals surface area contributed by atoms with Crippen LogP contribution in [-0.4, -0.2) is 75.9 Å². The smallest absolute Gasteiger partial charge is 0.272 e. The van der Waals surface area contributed by atoms with Gasteiger partial charge in [0, 0.05) is 63.3 Å². The highest BCUT2D eigenvalue weighted by molar-refractivity contribution is 5.97. The van der Waals surface area contributed by atoms with E-state index in [2.05, 4.69) is 19.9 Å². The number of rotatable bonds is 4. The van der Waals surface area contributed by atoms with E-state index in [1.165, 1.54) is 0 Å². The molecule has 232 valence electrons. The molecule has 0 atom stereocenters. The summed E-state index contributed by atoms with van der Waals surface area (Å²) in [6.07, 6.45) is 8.66. The first-order chi connectivity index (χ1) is 22.0.